The van der Waals surface area contributed by atoms with Gasteiger partial charge >= 0.3 is 5.97 Å². The van der Waals surface area contributed by atoms with Crippen LogP contribution >= 0.6 is 0 Å². The van der Waals surface area contributed by atoms with Crippen LogP contribution < -0.4 is 10.6 Å². The van der Waals surface area contributed by atoms with Gasteiger partial charge in [-0.1, -0.05) is 19.8 Å². The van der Waals surface area contributed by atoms with Crippen LogP contribution in [-0.4, -0.2) is 31.2 Å². The number of methoxy groups -OCH3 is 1. The third-order valence-electron chi connectivity index (χ3n) is 4.27. The summed E-state index contributed by atoms with van der Waals surface area (Å²) in [4.78, 5) is 18.2. The number of aromatic nitrogens is 1. The van der Waals surface area contributed by atoms with Crippen LogP contribution in [0.5, 0.6) is 0 Å². The van der Waals surface area contributed by atoms with E-state index in [0.717, 1.165) is 6.42 Å². The zero-order chi connectivity index (χ0) is 14.7. The fourth-order valence-corrected chi connectivity index (χ4v) is 3.06. The number of carbonyl (C=O) groups excluding carboxylic acids is 1. The largest absolute Gasteiger partial charge is 0.465 e. The molecule has 110 valence electrons. The number of hydrogen-bond acceptors (Lipinski definition) is 5. The summed E-state index contributed by atoms with van der Waals surface area (Å²) in [6.07, 6.45) is 6.50. The van der Waals surface area contributed by atoms with E-state index >= 15 is 0 Å². The minimum Gasteiger partial charge on any atom is -0.465 e. The molecule has 0 radical (unpaired) electrons. The number of esters is 1. The van der Waals surface area contributed by atoms with Gasteiger partial charge in [0, 0.05) is 19.3 Å². The molecule has 2 rings (SSSR count). The molecule has 5 heteroatoms. The molecule has 0 spiro atoms. The summed E-state index contributed by atoms with van der Waals surface area (Å²) in [6.45, 7) is 2.26. The average molecular weight is 277 g/mol. The molecule has 20 heavy (non-hydrogen) atoms. The highest BCUT2D eigenvalue weighted by atomic mass is 16.5. The molecule has 0 saturated heterocycles. The van der Waals surface area contributed by atoms with Gasteiger partial charge in [0.05, 0.1) is 18.4 Å². The fourth-order valence-electron chi connectivity index (χ4n) is 3.06. The molecule has 1 heterocycles. The van der Waals surface area contributed by atoms with Gasteiger partial charge in [0.2, 0.25) is 0 Å². The number of anilines is 2. The summed E-state index contributed by atoms with van der Waals surface area (Å²) >= 11 is 0. The zero-order valence-corrected chi connectivity index (χ0v) is 12.4. The van der Waals surface area contributed by atoms with Crippen LogP contribution in [0.15, 0.2) is 12.3 Å². The van der Waals surface area contributed by atoms with E-state index in [-0.39, 0.29) is 0 Å². The van der Waals surface area contributed by atoms with Crippen LogP contribution in [0.4, 0.5) is 11.5 Å². The molecule has 1 fully saturated rings. The lowest BCUT2D eigenvalue weighted by atomic mass is 9.85. The van der Waals surface area contributed by atoms with Gasteiger partial charge in [-0.25, -0.2) is 9.78 Å². The maximum absolute atomic E-state index is 11.7. The Morgan fingerprint density at radius 1 is 1.45 bits per heavy atom. The van der Waals surface area contributed by atoms with E-state index in [2.05, 4.69) is 16.8 Å². The maximum atomic E-state index is 11.7. The Bertz CT molecular complexity index is 490. The SMILES string of the molecule is COC(=O)c1ccnc(N(C)C2CCCCC2C)c1N. The molecule has 0 amide bonds. The maximum Gasteiger partial charge on any atom is 0.340 e. The first kappa shape index (κ1) is 14.6. The highest BCUT2D eigenvalue weighted by Crippen LogP contribution is 2.32. The van der Waals surface area contributed by atoms with Gasteiger partial charge in [0.1, 0.15) is 0 Å². The summed E-state index contributed by atoms with van der Waals surface area (Å²) in [5.41, 5.74) is 6.89. The van der Waals surface area contributed by atoms with Gasteiger partial charge in [-0.05, 0) is 24.8 Å². The summed E-state index contributed by atoms with van der Waals surface area (Å²) in [5.74, 6) is 0.861. The van der Waals surface area contributed by atoms with Gasteiger partial charge in [-0.2, -0.15) is 0 Å². The summed E-state index contributed by atoms with van der Waals surface area (Å²) in [7, 11) is 3.36. The van der Waals surface area contributed by atoms with Crippen molar-refractivity contribution in [1.82, 2.24) is 4.98 Å². The van der Waals surface area contributed by atoms with E-state index in [9.17, 15) is 4.79 Å². The van der Waals surface area contributed by atoms with E-state index in [4.69, 9.17) is 10.5 Å². The fraction of sp³-hybridized carbons (Fsp3) is 0.600. The highest BCUT2D eigenvalue weighted by Gasteiger charge is 2.27. The van der Waals surface area contributed by atoms with E-state index in [0.29, 0.717) is 29.0 Å². The number of pyridine rings is 1. The Kier molecular flexibility index (Phi) is 4.47. The first-order valence-electron chi connectivity index (χ1n) is 7.12. The van der Waals surface area contributed by atoms with E-state index < -0.39 is 5.97 Å². The molecular weight excluding hydrogens is 254 g/mol. The van der Waals surface area contributed by atoms with Crippen molar-refractivity contribution in [2.24, 2.45) is 5.92 Å². The van der Waals surface area contributed by atoms with Gasteiger partial charge in [-0.3, -0.25) is 0 Å². The van der Waals surface area contributed by atoms with Crippen LogP contribution in [0.2, 0.25) is 0 Å². The summed E-state index contributed by atoms with van der Waals surface area (Å²) < 4.78 is 4.75. The molecular formula is C15H23N3O2. The molecule has 1 aliphatic carbocycles. The van der Waals surface area contributed by atoms with Crippen molar-refractivity contribution in [3.05, 3.63) is 17.8 Å². The van der Waals surface area contributed by atoms with Crippen molar-refractivity contribution in [2.45, 2.75) is 38.6 Å². The Hall–Kier alpha value is -1.78. The molecule has 0 aliphatic heterocycles. The molecule has 2 unspecified atom stereocenters. The molecule has 2 N–H and O–H groups in total. The van der Waals surface area contributed by atoms with Crippen molar-refractivity contribution < 1.29 is 9.53 Å². The second-order valence-electron chi connectivity index (χ2n) is 5.53. The first-order chi connectivity index (χ1) is 9.56. The first-order valence-corrected chi connectivity index (χ1v) is 7.12. The number of rotatable bonds is 3. The predicted molar refractivity (Wildman–Crippen MR) is 79.8 cm³/mol. The Morgan fingerprint density at radius 3 is 2.80 bits per heavy atom. The lowest BCUT2D eigenvalue weighted by molar-refractivity contribution is 0.0602. The van der Waals surface area contributed by atoms with Gasteiger partial charge in [-0.15, -0.1) is 0 Å². The van der Waals surface area contributed by atoms with Crippen molar-refractivity contribution >= 4 is 17.5 Å². The van der Waals surface area contributed by atoms with Gasteiger partial charge in [0.25, 0.3) is 0 Å². The minimum absolute atomic E-state index is 0.382. The number of nitrogens with two attached hydrogens (primary N) is 1. The minimum atomic E-state index is -0.420. The van der Waals surface area contributed by atoms with Crippen LogP contribution in [0.3, 0.4) is 0 Å². The lowest BCUT2D eigenvalue weighted by Gasteiger charge is -2.37. The molecule has 0 bridgehead atoms. The number of nitrogen functional groups attached to an aromatic ring is 1. The topological polar surface area (TPSA) is 68.5 Å². The molecule has 1 aromatic rings. The van der Waals surface area contributed by atoms with E-state index in [1.807, 2.05) is 7.05 Å². The summed E-state index contributed by atoms with van der Waals surface area (Å²) in [5, 5.41) is 0. The van der Waals surface area contributed by atoms with Crippen molar-refractivity contribution in [3.63, 3.8) is 0 Å². The molecule has 1 aliphatic rings. The second-order valence-corrected chi connectivity index (χ2v) is 5.53. The average Bonchev–Trinajstić information content (AvgIpc) is 2.46. The zero-order valence-electron chi connectivity index (χ0n) is 12.4. The van der Waals surface area contributed by atoms with Crippen LogP contribution in [0.25, 0.3) is 0 Å². The van der Waals surface area contributed by atoms with Gasteiger partial charge < -0.3 is 15.4 Å². The summed E-state index contributed by atoms with van der Waals surface area (Å²) in [6, 6.07) is 2.02. The Morgan fingerprint density at radius 2 is 2.15 bits per heavy atom. The number of hydrogen-bond donors (Lipinski definition) is 1. The van der Waals surface area contributed by atoms with Crippen molar-refractivity contribution in [3.8, 4) is 0 Å². The molecule has 5 nitrogen and oxygen atoms in total. The Labute approximate surface area is 120 Å². The number of carbonyl (C=O) groups is 1. The van der Waals surface area contributed by atoms with E-state index in [1.54, 1.807) is 12.3 Å². The smallest absolute Gasteiger partial charge is 0.340 e. The van der Waals surface area contributed by atoms with Crippen LogP contribution in [-0.2, 0) is 4.74 Å². The highest BCUT2D eigenvalue weighted by molar-refractivity contribution is 5.97. The molecule has 2 atom stereocenters. The number of nitrogens with zero attached hydrogens (tertiary/aromatic N) is 2. The number of ether oxygens (including phenoxy) is 1. The van der Waals surface area contributed by atoms with Crippen LogP contribution in [0, 0.1) is 5.92 Å². The monoisotopic (exact) mass is 277 g/mol. The van der Waals surface area contributed by atoms with Crippen LogP contribution in [0.1, 0.15) is 43.0 Å². The van der Waals surface area contributed by atoms with E-state index in [1.165, 1.54) is 26.4 Å². The quantitative estimate of drug-likeness (QED) is 0.860. The predicted octanol–water partition coefficient (Wildman–Crippen LogP) is 2.47. The Balaban J connectivity index is 2.30. The van der Waals surface area contributed by atoms with Gasteiger partial charge in [0.15, 0.2) is 5.82 Å². The normalized spacial score (nSPS) is 22.4. The second kappa shape index (κ2) is 6.11. The standard InChI is InChI=1S/C15H23N3O2/c1-10-6-4-5-7-12(10)18(2)14-13(16)11(8-9-17-14)15(19)20-3/h8-10,12H,4-7,16H2,1-3H3. The third-order valence-corrected chi connectivity index (χ3v) is 4.27. The lowest BCUT2D eigenvalue weighted by Crippen LogP contribution is -2.40. The molecule has 1 saturated carbocycles. The van der Waals surface area contributed by atoms with Crippen molar-refractivity contribution in [2.75, 3.05) is 24.8 Å². The third kappa shape index (κ3) is 2.71. The molecule has 0 aromatic carbocycles. The molecule has 1 aromatic heterocycles. The van der Waals surface area contributed by atoms with Crippen molar-refractivity contribution in [1.29, 1.82) is 0 Å².